The van der Waals surface area contributed by atoms with Gasteiger partial charge in [-0.05, 0) is 42.8 Å². The molecule has 0 radical (unpaired) electrons. The second-order valence-corrected chi connectivity index (χ2v) is 8.44. The van der Waals surface area contributed by atoms with E-state index in [9.17, 15) is 9.59 Å². The molecule has 2 amide bonds. The number of hydrogen-bond acceptors (Lipinski definition) is 5. The van der Waals surface area contributed by atoms with Crippen LogP contribution in [0.1, 0.15) is 12.0 Å². The summed E-state index contributed by atoms with van der Waals surface area (Å²) >= 11 is 13.4. The van der Waals surface area contributed by atoms with Crippen LogP contribution in [0.3, 0.4) is 0 Å². The van der Waals surface area contributed by atoms with Crippen molar-refractivity contribution >= 4 is 63.3 Å². The number of amidine groups is 1. The maximum Gasteiger partial charge on any atom is 0.242 e. The number of anilines is 1. The summed E-state index contributed by atoms with van der Waals surface area (Å²) in [6, 6.07) is 10.3. The Kier molecular flexibility index (Phi) is 6.72. The lowest BCUT2D eigenvalue weighted by molar-refractivity contribution is -0.127. The van der Waals surface area contributed by atoms with E-state index in [4.69, 9.17) is 27.9 Å². The number of amides is 2. The van der Waals surface area contributed by atoms with Gasteiger partial charge in [0.15, 0.2) is 5.17 Å². The van der Waals surface area contributed by atoms with Gasteiger partial charge in [-0.3, -0.25) is 14.5 Å². The molecular weight excluding hydrogens is 433 g/mol. The second-order valence-electron chi connectivity index (χ2n) is 6.43. The lowest BCUT2D eigenvalue weighted by Crippen LogP contribution is -2.30. The molecule has 0 unspecified atom stereocenters. The Balaban J connectivity index is 1.72. The van der Waals surface area contributed by atoms with Crippen LogP contribution < -0.4 is 10.1 Å². The molecule has 9 heteroatoms. The molecule has 1 saturated heterocycles. The molecule has 0 saturated carbocycles. The first-order valence-electron chi connectivity index (χ1n) is 8.71. The highest BCUT2D eigenvalue weighted by atomic mass is 35.5. The van der Waals surface area contributed by atoms with E-state index in [-0.39, 0.29) is 18.2 Å². The van der Waals surface area contributed by atoms with Crippen molar-refractivity contribution in [2.24, 2.45) is 4.99 Å². The maximum atomic E-state index is 12.6. The van der Waals surface area contributed by atoms with Crippen LogP contribution in [0.2, 0.25) is 10.0 Å². The zero-order valence-electron chi connectivity index (χ0n) is 16.0. The lowest BCUT2D eigenvalue weighted by atomic mass is 10.2. The van der Waals surface area contributed by atoms with E-state index in [1.807, 2.05) is 13.0 Å². The van der Waals surface area contributed by atoms with E-state index >= 15 is 0 Å². The number of aliphatic imine (C=N–C) groups is 1. The van der Waals surface area contributed by atoms with Crippen molar-refractivity contribution in [3.8, 4) is 5.75 Å². The molecule has 0 aromatic heterocycles. The molecule has 29 heavy (non-hydrogen) atoms. The molecule has 0 bridgehead atoms. The summed E-state index contributed by atoms with van der Waals surface area (Å²) in [7, 11) is 3.16. The first-order chi connectivity index (χ1) is 13.8. The number of carbonyl (C=O) groups excluding carboxylic acids is 2. The summed E-state index contributed by atoms with van der Waals surface area (Å²) in [5, 5.41) is 3.77. The van der Waals surface area contributed by atoms with Crippen LogP contribution in [0.5, 0.6) is 5.75 Å². The third kappa shape index (κ3) is 5.04. The van der Waals surface area contributed by atoms with Gasteiger partial charge in [-0.2, -0.15) is 0 Å². The zero-order valence-corrected chi connectivity index (χ0v) is 18.4. The van der Waals surface area contributed by atoms with Gasteiger partial charge in [0, 0.05) is 29.2 Å². The van der Waals surface area contributed by atoms with Crippen molar-refractivity contribution in [3.05, 3.63) is 52.0 Å². The molecule has 1 aliphatic heterocycles. The first-order valence-corrected chi connectivity index (χ1v) is 10.3. The van der Waals surface area contributed by atoms with Crippen LogP contribution in [-0.4, -0.2) is 41.3 Å². The van der Waals surface area contributed by atoms with Crippen LogP contribution in [0.15, 0.2) is 41.4 Å². The fraction of sp³-hybridized carbons (Fsp3) is 0.250. The van der Waals surface area contributed by atoms with Gasteiger partial charge in [0.1, 0.15) is 16.7 Å². The SMILES string of the molecule is COc1ccc(Cl)cc1N=C1S[C@@H](CC(=O)Nc2ccc(C)c(Cl)c2)C(=O)N1C. The highest BCUT2D eigenvalue weighted by Gasteiger charge is 2.37. The smallest absolute Gasteiger partial charge is 0.242 e. The van der Waals surface area contributed by atoms with Crippen LogP contribution >= 0.6 is 35.0 Å². The molecule has 1 N–H and O–H groups in total. The summed E-state index contributed by atoms with van der Waals surface area (Å²) < 4.78 is 5.30. The van der Waals surface area contributed by atoms with Crippen LogP contribution in [-0.2, 0) is 9.59 Å². The minimum atomic E-state index is -0.565. The predicted molar refractivity (Wildman–Crippen MR) is 119 cm³/mol. The summed E-state index contributed by atoms with van der Waals surface area (Å²) in [5.41, 5.74) is 2.03. The fourth-order valence-electron chi connectivity index (χ4n) is 2.70. The third-order valence-corrected chi connectivity index (χ3v) is 6.20. The number of thioether (sulfide) groups is 1. The largest absolute Gasteiger partial charge is 0.494 e. The number of carbonyl (C=O) groups is 2. The fourth-order valence-corrected chi connectivity index (χ4v) is 4.20. The van der Waals surface area contributed by atoms with Crippen molar-refractivity contribution in [1.29, 1.82) is 0 Å². The normalized spacial score (nSPS) is 17.7. The highest BCUT2D eigenvalue weighted by molar-refractivity contribution is 8.15. The van der Waals surface area contributed by atoms with Crippen molar-refractivity contribution in [1.82, 2.24) is 4.90 Å². The van der Waals surface area contributed by atoms with Gasteiger partial charge in [-0.1, -0.05) is 41.0 Å². The van der Waals surface area contributed by atoms with Gasteiger partial charge in [-0.25, -0.2) is 4.99 Å². The summed E-state index contributed by atoms with van der Waals surface area (Å²) in [5.74, 6) is 0.0818. The topological polar surface area (TPSA) is 71.0 Å². The standard InChI is InChI=1S/C20H19Cl2N3O3S/c1-11-4-6-13(9-14(11)22)23-18(26)10-17-19(27)25(2)20(29-17)24-15-8-12(21)5-7-16(15)28-3/h4-9,17H,10H2,1-3H3,(H,23,26)/t17-/m0/s1. The summed E-state index contributed by atoms with van der Waals surface area (Å²) in [6.45, 7) is 1.88. The molecule has 3 rings (SSSR count). The average Bonchev–Trinajstić information content (AvgIpc) is 2.93. The molecule has 2 aromatic rings. The van der Waals surface area contributed by atoms with Gasteiger partial charge >= 0.3 is 0 Å². The Morgan fingerprint density at radius 2 is 2.03 bits per heavy atom. The first kappa shape index (κ1) is 21.5. The Morgan fingerprint density at radius 3 is 2.72 bits per heavy atom. The zero-order chi connectivity index (χ0) is 21.1. The van der Waals surface area contributed by atoms with Gasteiger partial charge in [0.05, 0.1) is 7.11 Å². The van der Waals surface area contributed by atoms with Crippen molar-refractivity contribution in [2.45, 2.75) is 18.6 Å². The monoisotopic (exact) mass is 451 g/mol. The number of hydrogen-bond donors (Lipinski definition) is 1. The van der Waals surface area contributed by atoms with Gasteiger partial charge in [0.25, 0.3) is 0 Å². The van der Waals surface area contributed by atoms with E-state index in [0.717, 1.165) is 5.56 Å². The molecule has 0 aliphatic carbocycles. The Bertz CT molecular complexity index is 997. The number of rotatable bonds is 5. The summed E-state index contributed by atoms with van der Waals surface area (Å²) in [6.07, 6.45) is 0.0189. The summed E-state index contributed by atoms with van der Waals surface area (Å²) in [4.78, 5) is 30.9. The van der Waals surface area contributed by atoms with Crippen LogP contribution in [0.4, 0.5) is 11.4 Å². The molecule has 1 aliphatic rings. The molecular formula is C20H19Cl2N3O3S. The van der Waals surface area contributed by atoms with E-state index in [0.29, 0.717) is 32.3 Å². The molecule has 152 valence electrons. The Labute approximate surface area is 183 Å². The lowest BCUT2D eigenvalue weighted by Gasteiger charge is -2.10. The number of halogens is 2. The number of aryl methyl sites for hydroxylation is 1. The average molecular weight is 452 g/mol. The van der Waals surface area contributed by atoms with Gasteiger partial charge in [-0.15, -0.1) is 0 Å². The van der Waals surface area contributed by atoms with E-state index in [1.54, 1.807) is 37.4 Å². The number of nitrogens with one attached hydrogen (secondary N) is 1. The highest BCUT2D eigenvalue weighted by Crippen LogP contribution is 2.35. The van der Waals surface area contributed by atoms with E-state index < -0.39 is 5.25 Å². The van der Waals surface area contributed by atoms with E-state index in [1.165, 1.54) is 23.8 Å². The second kappa shape index (κ2) is 9.07. The number of benzene rings is 2. The molecule has 1 atom stereocenters. The molecule has 1 heterocycles. The van der Waals surface area contributed by atoms with Crippen LogP contribution in [0.25, 0.3) is 0 Å². The quantitative estimate of drug-likeness (QED) is 0.701. The van der Waals surface area contributed by atoms with Crippen molar-refractivity contribution in [2.75, 3.05) is 19.5 Å². The number of ether oxygens (including phenoxy) is 1. The molecule has 6 nitrogen and oxygen atoms in total. The Morgan fingerprint density at radius 1 is 1.28 bits per heavy atom. The predicted octanol–water partition coefficient (Wildman–Crippen LogP) is 4.90. The number of methoxy groups -OCH3 is 1. The van der Waals surface area contributed by atoms with Gasteiger partial charge < -0.3 is 10.1 Å². The molecule has 0 spiro atoms. The molecule has 1 fully saturated rings. The van der Waals surface area contributed by atoms with Crippen LogP contribution in [0, 0.1) is 6.92 Å². The van der Waals surface area contributed by atoms with Crippen molar-refractivity contribution in [3.63, 3.8) is 0 Å². The van der Waals surface area contributed by atoms with Crippen molar-refractivity contribution < 1.29 is 14.3 Å². The minimum absolute atomic E-state index is 0.0189. The van der Waals surface area contributed by atoms with Gasteiger partial charge in [0.2, 0.25) is 11.8 Å². The molecule has 2 aromatic carbocycles. The maximum absolute atomic E-state index is 12.6. The number of nitrogens with zero attached hydrogens (tertiary/aromatic N) is 2. The Hall–Kier alpha value is -2.22. The van der Waals surface area contributed by atoms with E-state index in [2.05, 4.69) is 10.3 Å². The third-order valence-electron chi connectivity index (χ3n) is 4.32. The minimum Gasteiger partial charge on any atom is -0.494 e.